The van der Waals surface area contributed by atoms with E-state index in [0.717, 1.165) is 40.7 Å². The van der Waals surface area contributed by atoms with Crippen molar-refractivity contribution in [2.24, 2.45) is 0 Å². The van der Waals surface area contributed by atoms with E-state index in [-0.39, 0.29) is 18.4 Å². The van der Waals surface area contributed by atoms with Crippen LogP contribution in [0.4, 0.5) is 10.5 Å². The highest BCUT2D eigenvalue weighted by atomic mass is 32.1. The number of hydrogen-bond acceptors (Lipinski definition) is 7. The lowest BCUT2D eigenvalue weighted by Gasteiger charge is -2.21. The van der Waals surface area contributed by atoms with Gasteiger partial charge in [0, 0.05) is 50.0 Å². The van der Waals surface area contributed by atoms with Gasteiger partial charge in [-0.15, -0.1) is 0 Å². The van der Waals surface area contributed by atoms with Crippen LogP contribution in [0.2, 0.25) is 0 Å². The molecule has 1 unspecified atom stereocenters. The Hall–Kier alpha value is -4.15. The minimum atomic E-state index is -0.996. The van der Waals surface area contributed by atoms with Crippen LogP contribution in [0, 0.1) is 0 Å². The van der Waals surface area contributed by atoms with Gasteiger partial charge in [-0.25, -0.2) is 9.59 Å². The maximum Gasteiger partial charge on any atom is 0.333 e. The number of carbonyl (C=O) groups excluding carboxylic acids is 1. The van der Waals surface area contributed by atoms with Gasteiger partial charge < -0.3 is 15.2 Å². The fourth-order valence-corrected chi connectivity index (χ4v) is 4.69. The van der Waals surface area contributed by atoms with Crippen molar-refractivity contribution < 1.29 is 19.4 Å². The maximum atomic E-state index is 13.1. The van der Waals surface area contributed by atoms with Crippen LogP contribution in [0.25, 0.3) is 11.3 Å². The number of pyridine rings is 1. The van der Waals surface area contributed by atoms with E-state index in [0.29, 0.717) is 18.8 Å². The number of urea groups is 1. The standard InChI is InChI=1S/C29H31N5O4S/c1-3-38-27(28(35)36)15-21-12-13-25(30-17-21)22-10-7-11-24(16-22)34(2)29(37)31-18-23(26-19-32-39-33-26)14-20-8-5-4-6-9-20/h4-13,16-17,19,23,27H,3,14-15,18H2,1-2H3,(H,31,37)(H,35,36)/t23?,27-/m0/s1. The summed E-state index contributed by atoms with van der Waals surface area (Å²) < 4.78 is 13.8. The smallest absolute Gasteiger partial charge is 0.333 e. The number of carboxylic acid groups (broad SMARTS) is 1. The van der Waals surface area contributed by atoms with Gasteiger partial charge in [0.15, 0.2) is 6.10 Å². The SMILES string of the molecule is CCO[C@@H](Cc1ccc(-c2cccc(N(C)C(=O)NCC(Cc3ccccc3)c3cnsn3)c2)nc1)C(=O)O. The molecule has 202 valence electrons. The number of carbonyl (C=O) groups is 2. The summed E-state index contributed by atoms with van der Waals surface area (Å²) in [7, 11) is 1.72. The second-order valence-corrected chi connectivity index (χ2v) is 9.61. The highest BCUT2D eigenvalue weighted by Gasteiger charge is 2.20. The van der Waals surface area contributed by atoms with Crippen molar-refractivity contribution in [3.8, 4) is 11.3 Å². The molecule has 0 radical (unpaired) electrons. The van der Waals surface area contributed by atoms with E-state index in [2.05, 4.69) is 31.2 Å². The zero-order chi connectivity index (χ0) is 27.6. The van der Waals surface area contributed by atoms with E-state index in [4.69, 9.17) is 4.74 Å². The number of nitrogens with one attached hydrogen (secondary N) is 1. The van der Waals surface area contributed by atoms with E-state index in [1.165, 1.54) is 5.56 Å². The first kappa shape index (κ1) is 27.9. The molecule has 4 aromatic rings. The molecule has 2 aromatic heterocycles. The van der Waals surface area contributed by atoms with Crippen molar-refractivity contribution in [3.05, 3.63) is 95.9 Å². The van der Waals surface area contributed by atoms with Gasteiger partial charge in [0.1, 0.15) is 0 Å². The lowest BCUT2D eigenvalue weighted by molar-refractivity contribution is -0.149. The average molecular weight is 546 g/mol. The van der Waals surface area contributed by atoms with Crippen LogP contribution in [-0.4, -0.2) is 57.1 Å². The summed E-state index contributed by atoms with van der Waals surface area (Å²) in [6.07, 6.45) is 3.49. The highest BCUT2D eigenvalue weighted by Crippen LogP contribution is 2.24. The molecule has 0 bridgehead atoms. The number of hydrogen-bond donors (Lipinski definition) is 2. The largest absolute Gasteiger partial charge is 0.479 e. The fourth-order valence-electron chi connectivity index (χ4n) is 4.20. The van der Waals surface area contributed by atoms with Crippen LogP contribution in [0.1, 0.15) is 29.7 Å². The third-order valence-corrected chi connectivity index (χ3v) is 6.84. The zero-order valence-electron chi connectivity index (χ0n) is 21.9. The second kappa shape index (κ2) is 13.6. The van der Waals surface area contributed by atoms with Gasteiger partial charge >= 0.3 is 12.0 Å². The summed E-state index contributed by atoms with van der Waals surface area (Å²) >= 11 is 1.16. The summed E-state index contributed by atoms with van der Waals surface area (Å²) in [4.78, 5) is 30.5. The molecule has 0 fully saturated rings. The molecule has 0 saturated heterocycles. The van der Waals surface area contributed by atoms with Gasteiger partial charge in [0.05, 0.1) is 29.3 Å². The lowest BCUT2D eigenvalue weighted by Crippen LogP contribution is -2.39. The summed E-state index contributed by atoms with van der Waals surface area (Å²) in [5.74, 6) is -0.995. The van der Waals surface area contributed by atoms with Crippen molar-refractivity contribution in [1.29, 1.82) is 0 Å². The van der Waals surface area contributed by atoms with E-state index in [9.17, 15) is 14.7 Å². The van der Waals surface area contributed by atoms with E-state index in [1.807, 2.05) is 54.6 Å². The molecule has 9 nitrogen and oxygen atoms in total. The van der Waals surface area contributed by atoms with Crippen molar-refractivity contribution in [2.45, 2.75) is 31.8 Å². The number of aliphatic carboxylic acids is 1. The molecular formula is C29H31N5O4S. The van der Waals surface area contributed by atoms with E-state index < -0.39 is 12.1 Å². The first-order valence-electron chi connectivity index (χ1n) is 12.7. The van der Waals surface area contributed by atoms with Crippen molar-refractivity contribution in [1.82, 2.24) is 19.0 Å². The van der Waals surface area contributed by atoms with Gasteiger partial charge in [-0.2, -0.15) is 8.75 Å². The molecular weight excluding hydrogens is 514 g/mol. The number of rotatable bonds is 12. The van der Waals surface area contributed by atoms with Crippen LogP contribution >= 0.6 is 11.7 Å². The Morgan fingerprint density at radius 3 is 2.51 bits per heavy atom. The van der Waals surface area contributed by atoms with E-state index in [1.54, 1.807) is 31.3 Å². The molecule has 2 atom stereocenters. The van der Waals surface area contributed by atoms with Gasteiger partial charge in [0.25, 0.3) is 0 Å². The minimum absolute atomic E-state index is 0.000926. The first-order valence-corrected chi connectivity index (χ1v) is 13.4. The first-order chi connectivity index (χ1) is 18.9. The van der Waals surface area contributed by atoms with Gasteiger partial charge in [-0.1, -0.05) is 48.5 Å². The molecule has 39 heavy (non-hydrogen) atoms. The molecule has 0 aliphatic heterocycles. The summed E-state index contributed by atoms with van der Waals surface area (Å²) in [5.41, 5.74) is 5.08. The Balaban J connectivity index is 1.41. The van der Waals surface area contributed by atoms with Gasteiger partial charge in [-0.3, -0.25) is 9.88 Å². The Bertz CT molecular complexity index is 1350. The maximum absolute atomic E-state index is 13.1. The molecule has 0 saturated carbocycles. The lowest BCUT2D eigenvalue weighted by atomic mass is 9.96. The zero-order valence-corrected chi connectivity index (χ0v) is 22.7. The molecule has 2 N–H and O–H groups in total. The summed E-state index contributed by atoms with van der Waals surface area (Å²) in [5, 5.41) is 12.4. The van der Waals surface area contributed by atoms with Crippen LogP contribution in [0.3, 0.4) is 0 Å². The molecule has 10 heteroatoms. The molecule has 2 amide bonds. The van der Waals surface area contributed by atoms with Crippen LogP contribution < -0.4 is 10.2 Å². The quantitative estimate of drug-likeness (QED) is 0.262. The van der Waals surface area contributed by atoms with Crippen LogP contribution in [0.15, 0.2) is 79.1 Å². The molecule has 2 aromatic carbocycles. The average Bonchev–Trinajstić information content (AvgIpc) is 3.50. The third-order valence-electron chi connectivity index (χ3n) is 6.34. The molecule has 0 spiro atoms. The summed E-state index contributed by atoms with van der Waals surface area (Å²) in [6.45, 7) is 2.51. The monoisotopic (exact) mass is 545 g/mol. The number of nitrogens with zero attached hydrogens (tertiary/aromatic N) is 4. The summed E-state index contributed by atoms with van der Waals surface area (Å²) in [6, 6.07) is 21.1. The molecule has 4 rings (SSSR count). The minimum Gasteiger partial charge on any atom is -0.479 e. The Labute approximate surface area is 231 Å². The number of ether oxygens (including phenoxy) is 1. The van der Waals surface area contributed by atoms with Crippen molar-refractivity contribution in [2.75, 3.05) is 25.1 Å². The van der Waals surface area contributed by atoms with Crippen molar-refractivity contribution >= 4 is 29.4 Å². The van der Waals surface area contributed by atoms with Crippen LogP contribution in [0.5, 0.6) is 0 Å². The predicted octanol–water partition coefficient (Wildman–Crippen LogP) is 4.80. The Kier molecular flexibility index (Phi) is 9.71. The molecule has 2 heterocycles. The third kappa shape index (κ3) is 7.68. The van der Waals surface area contributed by atoms with Gasteiger partial charge in [0.2, 0.25) is 0 Å². The molecule has 0 aliphatic rings. The normalized spacial score (nSPS) is 12.5. The van der Waals surface area contributed by atoms with Crippen LogP contribution in [-0.2, 0) is 22.4 Å². The Morgan fingerprint density at radius 2 is 1.85 bits per heavy atom. The van der Waals surface area contributed by atoms with Crippen molar-refractivity contribution in [3.63, 3.8) is 0 Å². The fraction of sp³-hybridized carbons (Fsp3) is 0.276. The van der Waals surface area contributed by atoms with E-state index >= 15 is 0 Å². The number of benzene rings is 2. The highest BCUT2D eigenvalue weighted by molar-refractivity contribution is 6.99. The number of amides is 2. The topological polar surface area (TPSA) is 118 Å². The van der Waals surface area contributed by atoms with Gasteiger partial charge in [-0.05, 0) is 42.7 Å². The number of carboxylic acids is 1. The molecule has 0 aliphatic carbocycles. The Morgan fingerprint density at radius 1 is 1.03 bits per heavy atom. The second-order valence-electron chi connectivity index (χ2n) is 9.05. The number of aromatic nitrogens is 3. The predicted molar refractivity (Wildman–Crippen MR) is 151 cm³/mol. The number of anilines is 1.